The summed E-state index contributed by atoms with van der Waals surface area (Å²) in [5.41, 5.74) is 6.40. The number of hydrogen-bond acceptors (Lipinski definition) is 6. The molecule has 0 radical (unpaired) electrons. The number of nitrogens with two attached hydrogens (primary N) is 1. The molecule has 20 heavy (non-hydrogen) atoms. The van der Waals surface area contributed by atoms with Gasteiger partial charge in [-0.2, -0.15) is 0 Å². The Labute approximate surface area is 126 Å². The second kappa shape index (κ2) is 6.15. The molecule has 0 aliphatic carbocycles. The number of methoxy groups -OCH3 is 1. The van der Waals surface area contributed by atoms with Crippen molar-refractivity contribution in [2.24, 2.45) is 0 Å². The third kappa shape index (κ3) is 2.88. The van der Waals surface area contributed by atoms with Gasteiger partial charge in [0.1, 0.15) is 15.6 Å². The van der Waals surface area contributed by atoms with Crippen molar-refractivity contribution in [3.05, 3.63) is 27.3 Å². The normalized spacial score (nSPS) is 10.3. The molecule has 0 aliphatic heterocycles. The molecule has 0 aliphatic rings. The van der Waals surface area contributed by atoms with Crippen molar-refractivity contribution in [3.8, 4) is 5.75 Å². The maximum Gasteiger partial charge on any atom is 0.265 e. The van der Waals surface area contributed by atoms with Gasteiger partial charge >= 0.3 is 0 Å². The molecule has 1 amide bonds. The number of carbonyl (C=O) groups excluding carboxylic acids is 1. The predicted octanol–water partition coefficient (Wildman–Crippen LogP) is 2.71. The van der Waals surface area contributed by atoms with Gasteiger partial charge in [0.25, 0.3) is 5.91 Å². The molecule has 0 spiro atoms. The molecule has 2 aromatic heterocycles. The summed E-state index contributed by atoms with van der Waals surface area (Å²) in [6.07, 6.45) is 0. The number of carbonyl (C=O) groups is 1. The number of ether oxygens (including phenoxy) is 1. The van der Waals surface area contributed by atoms with Crippen LogP contribution >= 0.6 is 22.7 Å². The molecule has 0 unspecified atom stereocenters. The molecule has 5 nitrogen and oxygen atoms in total. The number of amides is 1. The van der Waals surface area contributed by atoms with Crippen molar-refractivity contribution in [1.82, 2.24) is 4.90 Å². The SMILES string of the molecule is COc1c(NCc2cccs2)sc(C(=O)N(C)C)c1N. The molecular weight excluding hydrogens is 294 g/mol. The van der Waals surface area contributed by atoms with Gasteiger partial charge in [-0.05, 0) is 11.4 Å². The fourth-order valence-electron chi connectivity index (χ4n) is 1.69. The van der Waals surface area contributed by atoms with Gasteiger partial charge in [-0.3, -0.25) is 4.79 Å². The zero-order chi connectivity index (χ0) is 14.7. The molecule has 3 N–H and O–H groups in total. The number of rotatable bonds is 5. The van der Waals surface area contributed by atoms with Gasteiger partial charge in [-0.1, -0.05) is 6.07 Å². The number of anilines is 2. The molecule has 2 rings (SSSR count). The van der Waals surface area contributed by atoms with Crippen LogP contribution in [0.4, 0.5) is 10.7 Å². The molecule has 0 fully saturated rings. The molecule has 2 heterocycles. The summed E-state index contributed by atoms with van der Waals surface area (Å²) >= 11 is 2.99. The Morgan fingerprint density at radius 2 is 2.25 bits per heavy atom. The lowest BCUT2D eigenvalue weighted by Crippen LogP contribution is -2.21. The highest BCUT2D eigenvalue weighted by Gasteiger charge is 2.22. The smallest absolute Gasteiger partial charge is 0.265 e. The van der Waals surface area contributed by atoms with E-state index in [1.54, 1.807) is 32.5 Å². The first-order valence-electron chi connectivity index (χ1n) is 5.98. The lowest BCUT2D eigenvalue weighted by molar-refractivity contribution is 0.0833. The standard InChI is InChI=1S/C13H17N3O2S2/c1-16(2)13(17)11-9(14)10(18-3)12(20-11)15-7-8-5-4-6-19-8/h4-6,15H,7,14H2,1-3H3. The summed E-state index contributed by atoms with van der Waals surface area (Å²) in [7, 11) is 4.96. The predicted molar refractivity (Wildman–Crippen MR) is 84.9 cm³/mol. The van der Waals surface area contributed by atoms with Gasteiger partial charge in [-0.15, -0.1) is 22.7 Å². The third-order valence-electron chi connectivity index (χ3n) is 2.71. The highest BCUT2D eigenvalue weighted by atomic mass is 32.1. The van der Waals surface area contributed by atoms with E-state index >= 15 is 0 Å². The monoisotopic (exact) mass is 311 g/mol. The average Bonchev–Trinajstić information content (AvgIpc) is 3.03. The lowest BCUT2D eigenvalue weighted by atomic mass is 10.3. The van der Waals surface area contributed by atoms with Crippen LogP contribution in [-0.2, 0) is 6.54 Å². The van der Waals surface area contributed by atoms with E-state index in [4.69, 9.17) is 10.5 Å². The molecule has 108 valence electrons. The second-order valence-electron chi connectivity index (χ2n) is 4.34. The number of nitrogens with one attached hydrogen (secondary N) is 1. The zero-order valence-electron chi connectivity index (χ0n) is 11.6. The molecule has 2 aromatic rings. The first-order valence-corrected chi connectivity index (χ1v) is 7.68. The summed E-state index contributed by atoms with van der Waals surface area (Å²) in [4.78, 5) is 15.3. The Hall–Kier alpha value is -1.73. The Kier molecular flexibility index (Phi) is 4.51. The Bertz CT molecular complexity index is 591. The molecular formula is C13H17N3O2S2. The lowest BCUT2D eigenvalue weighted by Gasteiger charge is -2.08. The van der Waals surface area contributed by atoms with Crippen LogP contribution in [0.1, 0.15) is 14.5 Å². The molecule has 0 aromatic carbocycles. The van der Waals surface area contributed by atoms with Crippen molar-refractivity contribution in [2.45, 2.75) is 6.54 Å². The van der Waals surface area contributed by atoms with E-state index in [2.05, 4.69) is 5.32 Å². The number of nitrogen functional groups attached to an aromatic ring is 1. The highest BCUT2D eigenvalue weighted by Crippen LogP contribution is 2.43. The van der Waals surface area contributed by atoms with Crippen molar-refractivity contribution >= 4 is 39.3 Å². The third-order valence-corrected chi connectivity index (χ3v) is 4.72. The van der Waals surface area contributed by atoms with Crippen molar-refractivity contribution in [1.29, 1.82) is 0 Å². The maximum absolute atomic E-state index is 12.1. The van der Waals surface area contributed by atoms with Crippen LogP contribution in [0.3, 0.4) is 0 Å². The number of hydrogen-bond donors (Lipinski definition) is 2. The van der Waals surface area contributed by atoms with Crippen molar-refractivity contribution in [2.75, 3.05) is 32.3 Å². The fourth-order valence-corrected chi connectivity index (χ4v) is 3.44. The summed E-state index contributed by atoms with van der Waals surface area (Å²) in [6, 6.07) is 4.05. The summed E-state index contributed by atoms with van der Waals surface area (Å²) < 4.78 is 5.31. The topological polar surface area (TPSA) is 67.6 Å². The zero-order valence-corrected chi connectivity index (χ0v) is 13.2. The van der Waals surface area contributed by atoms with Crippen molar-refractivity contribution in [3.63, 3.8) is 0 Å². The van der Waals surface area contributed by atoms with E-state index in [1.165, 1.54) is 21.1 Å². The number of thiophene rings is 2. The van der Waals surface area contributed by atoms with E-state index in [-0.39, 0.29) is 5.91 Å². The Morgan fingerprint density at radius 1 is 1.50 bits per heavy atom. The summed E-state index contributed by atoms with van der Waals surface area (Å²) in [5, 5.41) is 6.08. The minimum atomic E-state index is -0.116. The molecule has 0 bridgehead atoms. The number of nitrogens with zero attached hydrogens (tertiary/aromatic N) is 1. The van der Waals surface area contributed by atoms with Crippen LogP contribution < -0.4 is 15.8 Å². The summed E-state index contributed by atoms with van der Waals surface area (Å²) in [6.45, 7) is 0.684. The average molecular weight is 311 g/mol. The first kappa shape index (κ1) is 14.7. The van der Waals surface area contributed by atoms with E-state index in [1.807, 2.05) is 17.5 Å². The largest absolute Gasteiger partial charge is 0.492 e. The Morgan fingerprint density at radius 3 is 2.80 bits per heavy atom. The second-order valence-corrected chi connectivity index (χ2v) is 6.39. The fraction of sp³-hybridized carbons (Fsp3) is 0.308. The van der Waals surface area contributed by atoms with Gasteiger partial charge in [0, 0.05) is 19.0 Å². The van der Waals surface area contributed by atoms with Crippen LogP contribution in [-0.4, -0.2) is 32.0 Å². The van der Waals surface area contributed by atoms with E-state index < -0.39 is 0 Å². The van der Waals surface area contributed by atoms with Gasteiger partial charge in [-0.25, -0.2) is 0 Å². The van der Waals surface area contributed by atoms with Crippen LogP contribution in [0, 0.1) is 0 Å². The van der Waals surface area contributed by atoms with E-state index in [0.717, 1.165) is 5.00 Å². The van der Waals surface area contributed by atoms with Gasteiger partial charge < -0.3 is 20.7 Å². The molecule has 0 saturated carbocycles. The summed E-state index contributed by atoms with van der Waals surface area (Å²) in [5.74, 6) is 0.423. The van der Waals surface area contributed by atoms with Gasteiger partial charge in [0.05, 0.1) is 13.7 Å². The minimum absolute atomic E-state index is 0.116. The van der Waals surface area contributed by atoms with Crippen LogP contribution in [0.5, 0.6) is 5.75 Å². The van der Waals surface area contributed by atoms with Crippen LogP contribution in [0.25, 0.3) is 0 Å². The Balaban J connectivity index is 2.24. The van der Waals surface area contributed by atoms with Gasteiger partial charge in [0.15, 0.2) is 5.75 Å². The van der Waals surface area contributed by atoms with Crippen molar-refractivity contribution < 1.29 is 9.53 Å². The quantitative estimate of drug-likeness (QED) is 0.891. The van der Waals surface area contributed by atoms with E-state index in [9.17, 15) is 4.79 Å². The van der Waals surface area contributed by atoms with Gasteiger partial charge in [0.2, 0.25) is 0 Å². The minimum Gasteiger partial charge on any atom is -0.492 e. The van der Waals surface area contributed by atoms with Crippen LogP contribution in [0.15, 0.2) is 17.5 Å². The van der Waals surface area contributed by atoms with E-state index in [0.29, 0.717) is 22.9 Å². The molecule has 7 heteroatoms. The van der Waals surface area contributed by atoms with Crippen LogP contribution in [0.2, 0.25) is 0 Å². The highest BCUT2D eigenvalue weighted by molar-refractivity contribution is 7.19. The molecule has 0 atom stereocenters. The maximum atomic E-state index is 12.1. The first-order chi connectivity index (χ1) is 9.54. The molecule has 0 saturated heterocycles.